The molecule has 0 fully saturated rings. The molecule has 0 aromatic heterocycles. The van der Waals surface area contributed by atoms with Gasteiger partial charge >= 0.3 is 0 Å². The quantitative estimate of drug-likeness (QED) is 0.898. The minimum Gasteiger partial charge on any atom is -0.388 e. The van der Waals surface area contributed by atoms with Crippen molar-refractivity contribution < 1.29 is 9.90 Å². The van der Waals surface area contributed by atoms with E-state index in [0.717, 1.165) is 16.8 Å². The fourth-order valence-electron chi connectivity index (χ4n) is 2.84. The minimum absolute atomic E-state index is 0.136. The summed E-state index contributed by atoms with van der Waals surface area (Å²) in [5, 5.41) is 10.4. The van der Waals surface area contributed by atoms with Crippen LogP contribution >= 0.6 is 0 Å². The summed E-state index contributed by atoms with van der Waals surface area (Å²) >= 11 is 0. The maximum atomic E-state index is 12.5. The molecule has 0 spiro atoms. The first-order valence-corrected chi connectivity index (χ1v) is 7.25. The molecule has 1 N–H and O–H groups in total. The number of benzene rings is 1. The van der Waals surface area contributed by atoms with Crippen LogP contribution in [0.4, 0.5) is 5.69 Å². The van der Waals surface area contributed by atoms with Crippen molar-refractivity contribution in [3.05, 3.63) is 29.3 Å². The number of likely N-dealkylation sites (N-methyl/N-ethyl adjacent to an activating group) is 1. The highest BCUT2D eigenvalue weighted by Crippen LogP contribution is 2.44. The van der Waals surface area contributed by atoms with E-state index in [0.29, 0.717) is 6.54 Å². The van der Waals surface area contributed by atoms with Crippen molar-refractivity contribution in [2.45, 2.75) is 53.1 Å². The molecule has 3 nitrogen and oxygen atoms in total. The molecule has 1 heterocycles. The van der Waals surface area contributed by atoms with Gasteiger partial charge in [-0.15, -0.1) is 0 Å². The Morgan fingerprint density at radius 2 is 1.90 bits per heavy atom. The van der Waals surface area contributed by atoms with Crippen LogP contribution in [-0.4, -0.2) is 17.6 Å². The fraction of sp³-hybridized carbons (Fsp3) is 0.588. The number of anilines is 1. The molecule has 1 aromatic carbocycles. The highest BCUT2D eigenvalue weighted by atomic mass is 16.3. The Balaban J connectivity index is 2.53. The van der Waals surface area contributed by atoms with E-state index in [1.54, 1.807) is 0 Å². The highest BCUT2D eigenvalue weighted by Gasteiger charge is 2.43. The molecule has 1 unspecified atom stereocenters. The predicted octanol–water partition coefficient (Wildman–Crippen LogP) is 3.41. The number of amides is 1. The third-order valence-electron chi connectivity index (χ3n) is 4.22. The summed E-state index contributed by atoms with van der Waals surface area (Å²) in [6, 6.07) is 5.90. The average Bonchev–Trinajstić information content (AvgIpc) is 2.55. The molecule has 0 saturated heterocycles. The third-order valence-corrected chi connectivity index (χ3v) is 4.22. The molecule has 0 saturated carbocycles. The van der Waals surface area contributed by atoms with E-state index < -0.39 is 11.5 Å². The second kappa shape index (κ2) is 4.59. The molecule has 0 aliphatic carbocycles. The summed E-state index contributed by atoms with van der Waals surface area (Å²) in [6.45, 7) is 12.6. The van der Waals surface area contributed by atoms with Gasteiger partial charge in [-0.3, -0.25) is 4.79 Å². The van der Waals surface area contributed by atoms with E-state index in [-0.39, 0.29) is 11.3 Å². The van der Waals surface area contributed by atoms with E-state index in [2.05, 4.69) is 0 Å². The first-order chi connectivity index (χ1) is 9.10. The topological polar surface area (TPSA) is 40.5 Å². The predicted molar refractivity (Wildman–Crippen MR) is 81.9 cm³/mol. The summed E-state index contributed by atoms with van der Waals surface area (Å²) in [5.41, 5.74) is 2.15. The molecule has 1 amide bonds. The van der Waals surface area contributed by atoms with Gasteiger partial charge in [0.15, 0.2) is 0 Å². The monoisotopic (exact) mass is 275 g/mol. The first kappa shape index (κ1) is 15.0. The van der Waals surface area contributed by atoms with Gasteiger partial charge < -0.3 is 10.0 Å². The molecule has 110 valence electrons. The summed E-state index contributed by atoms with van der Waals surface area (Å²) in [5.74, 6) is 0.136. The maximum absolute atomic E-state index is 12.5. The van der Waals surface area contributed by atoms with Crippen LogP contribution in [0.15, 0.2) is 18.2 Å². The minimum atomic E-state index is -0.533. The Labute approximate surface area is 121 Å². The van der Waals surface area contributed by atoms with Gasteiger partial charge in [0, 0.05) is 12.2 Å². The number of hydrogen-bond donors (Lipinski definition) is 1. The van der Waals surface area contributed by atoms with Crippen molar-refractivity contribution in [1.29, 1.82) is 0 Å². The Morgan fingerprint density at radius 1 is 1.30 bits per heavy atom. The molecule has 20 heavy (non-hydrogen) atoms. The average molecular weight is 275 g/mol. The van der Waals surface area contributed by atoms with Crippen LogP contribution in [-0.2, 0) is 10.2 Å². The number of fused-ring (bicyclic) bond motifs is 1. The smallest absolute Gasteiger partial charge is 0.237 e. The normalized spacial score (nSPS) is 19.1. The van der Waals surface area contributed by atoms with Gasteiger partial charge in [0.05, 0.1) is 11.5 Å². The van der Waals surface area contributed by atoms with E-state index in [4.69, 9.17) is 0 Å². The number of rotatable bonds is 2. The van der Waals surface area contributed by atoms with E-state index >= 15 is 0 Å². The van der Waals surface area contributed by atoms with Crippen LogP contribution < -0.4 is 4.90 Å². The number of aliphatic hydroxyl groups excluding tert-OH is 1. The molecular weight excluding hydrogens is 250 g/mol. The number of carbonyl (C=O) groups excluding carboxylic acids is 1. The lowest BCUT2D eigenvalue weighted by Crippen LogP contribution is -2.35. The van der Waals surface area contributed by atoms with Crippen molar-refractivity contribution in [2.24, 2.45) is 5.41 Å². The maximum Gasteiger partial charge on any atom is 0.237 e. The lowest BCUT2D eigenvalue weighted by atomic mass is 9.81. The number of hydrogen-bond acceptors (Lipinski definition) is 2. The number of nitrogens with zero attached hydrogens (tertiary/aromatic N) is 1. The second-order valence-corrected chi connectivity index (χ2v) is 7.22. The van der Waals surface area contributed by atoms with Crippen LogP contribution in [0, 0.1) is 5.41 Å². The van der Waals surface area contributed by atoms with Gasteiger partial charge in [-0.05, 0) is 43.4 Å². The molecule has 1 aliphatic rings. The van der Waals surface area contributed by atoms with Crippen LogP contribution in [0.3, 0.4) is 0 Å². The number of aliphatic hydroxyl groups is 1. The largest absolute Gasteiger partial charge is 0.388 e. The molecule has 0 radical (unpaired) electrons. The zero-order chi connectivity index (χ0) is 15.3. The van der Waals surface area contributed by atoms with Crippen LogP contribution in [0.25, 0.3) is 0 Å². The lowest BCUT2D eigenvalue weighted by Gasteiger charge is -2.27. The molecule has 3 heteroatoms. The zero-order valence-electron chi connectivity index (χ0n) is 13.3. The fourth-order valence-corrected chi connectivity index (χ4v) is 2.84. The molecule has 1 aromatic rings. The van der Waals surface area contributed by atoms with Gasteiger partial charge in [0.25, 0.3) is 0 Å². The standard InChI is InChI=1S/C17H25NO2/c1-7-18-13-9-8-11(14(19)16(2,3)4)10-12(13)17(5,6)15(18)20/h8-10,14,19H,7H2,1-6H3. The molecular formula is C17H25NO2. The summed E-state index contributed by atoms with van der Waals surface area (Å²) < 4.78 is 0. The van der Waals surface area contributed by atoms with Crippen LogP contribution in [0.1, 0.15) is 58.8 Å². The Kier molecular flexibility index (Phi) is 3.45. The van der Waals surface area contributed by atoms with E-state index in [1.807, 2.05) is 64.6 Å². The van der Waals surface area contributed by atoms with Gasteiger partial charge in [-0.2, -0.15) is 0 Å². The summed E-state index contributed by atoms with van der Waals surface area (Å²) in [6.07, 6.45) is -0.533. The second-order valence-electron chi connectivity index (χ2n) is 7.22. The molecule has 1 atom stereocenters. The van der Waals surface area contributed by atoms with E-state index in [1.165, 1.54) is 0 Å². The summed E-state index contributed by atoms with van der Waals surface area (Å²) in [4.78, 5) is 14.3. The van der Waals surface area contributed by atoms with Crippen molar-refractivity contribution in [3.63, 3.8) is 0 Å². The Hall–Kier alpha value is -1.35. The lowest BCUT2D eigenvalue weighted by molar-refractivity contribution is -0.122. The molecule has 2 rings (SSSR count). The summed E-state index contributed by atoms with van der Waals surface area (Å²) in [7, 11) is 0. The Bertz CT molecular complexity index is 540. The zero-order valence-corrected chi connectivity index (χ0v) is 13.3. The first-order valence-electron chi connectivity index (χ1n) is 7.25. The van der Waals surface area contributed by atoms with Crippen molar-refractivity contribution in [3.8, 4) is 0 Å². The van der Waals surface area contributed by atoms with Gasteiger partial charge in [-0.25, -0.2) is 0 Å². The van der Waals surface area contributed by atoms with Crippen molar-refractivity contribution >= 4 is 11.6 Å². The number of carbonyl (C=O) groups is 1. The van der Waals surface area contributed by atoms with Gasteiger partial charge in [-0.1, -0.05) is 32.9 Å². The van der Waals surface area contributed by atoms with Crippen LogP contribution in [0.5, 0.6) is 0 Å². The van der Waals surface area contributed by atoms with Crippen molar-refractivity contribution in [2.75, 3.05) is 11.4 Å². The van der Waals surface area contributed by atoms with E-state index in [9.17, 15) is 9.90 Å². The molecule has 0 bridgehead atoms. The van der Waals surface area contributed by atoms with Gasteiger partial charge in [0.2, 0.25) is 5.91 Å². The SMILES string of the molecule is CCN1C(=O)C(C)(C)c2cc(C(O)C(C)(C)C)ccc21. The Morgan fingerprint density at radius 3 is 2.40 bits per heavy atom. The van der Waals surface area contributed by atoms with Gasteiger partial charge in [0.1, 0.15) is 0 Å². The van der Waals surface area contributed by atoms with Crippen molar-refractivity contribution in [1.82, 2.24) is 0 Å². The highest BCUT2D eigenvalue weighted by molar-refractivity contribution is 6.07. The van der Waals surface area contributed by atoms with Crippen LogP contribution in [0.2, 0.25) is 0 Å². The molecule has 1 aliphatic heterocycles. The third kappa shape index (κ3) is 2.14.